The molecule has 0 fully saturated rings. The molecular weight excluding hydrogens is 392 g/mol. The minimum Gasteiger partial charge on any atom is -0.497 e. The Bertz CT molecular complexity index is 942. The van der Waals surface area contributed by atoms with Crippen LogP contribution in [-0.2, 0) is 21.4 Å². The average molecular weight is 421 g/mol. The largest absolute Gasteiger partial charge is 0.497 e. The van der Waals surface area contributed by atoms with Gasteiger partial charge in [-0.3, -0.25) is 4.79 Å². The smallest absolute Gasteiger partial charge is 0.243 e. The molecule has 0 aliphatic carbocycles. The summed E-state index contributed by atoms with van der Waals surface area (Å²) in [6, 6.07) is 12.1. The molecule has 0 bridgehead atoms. The fourth-order valence-corrected chi connectivity index (χ4v) is 3.97. The molecular formula is C21H28N2O5S. The zero-order valence-corrected chi connectivity index (χ0v) is 18.3. The molecule has 0 radical (unpaired) electrons. The molecule has 29 heavy (non-hydrogen) atoms. The second-order valence-electron chi connectivity index (χ2n) is 6.72. The Hall–Kier alpha value is -2.58. The lowest BCUT2D eigenvalue weighted by molar-refractivity contribution is -0.130. The van der Waals surface area contributed by atoms with Gasteiger partial charge in [-0.05, 0) is 55.3 Å². The number of methoxy groups -OCH3 is 1. The van der Waals surface area contributed by atoms with E-state index in [1.54, 1.807) is 33.2 Å². The Morgan fingerprint density at radius 1 is 1.07 bits per heavy atom. The SMILES string of the molecule is CCOc1ccc(S(=O)(=O)N(C)CC(=O)N(C)Cc2ccc(OC)cc2)cc1C. The van der Waals surface area contributed by atoms with Crippen LogP contribution in [0, 0.1) is 6.92 Å². The number of likely N-dealkylation sites (N-methyl/N-ethyl adjacent to an activating group) is 2. The van der Waals surface area contributed by atoms with Gasteiger partial charge >= 0.3 is 0 Å². The Balaban J connectivity index is 2.05. The average Bonchev–Trinajstić information content (AvgIpc) is 2.70. The first-order valence-corrected chi connectivity index (χ1v) is 10.7. The zero-order chi connectivity index (χ0) is 21.6. The van der Waals surface area contributed by atoms with E-state index in [-0.39, 0.29) is 17.3 Å². The van der Waals surface area contributed by atoms with Gasteiger partial charge in [-0.15, -0.1) is 0 Å². The summed E-state index contributed by atoms with van der Waals surface area (Å²) >= 11 is 0. The van der Waals surface area contributed by atoms with Gasteiger partial charge in [-0.2, -0.15) is 4.31 Å². The first-order valence-electron chi connectivity index (χ1n) is 9.25. The predicted octanol–water partition coefficient (Wildman–Crippen LogP) is 2.68. The van der Waals surface area contributed by atoms with Crippen molar-refractivity contribution in [1.29, 1.82) is 0 Å². The number of carbonyl (C=O) groups excluding carboxylic acids is 1. The van der Waals surface area contributed by atoms with Gasteiger partial charge in [0.05, 0.1) is 25.2 Å². The molecule has 0 aliphatic heterocycles. The molecule has 0 atom stereocenters. The molecule has 0 saturated carbocycles. The van der Waals surface area contributed by atoms with Crippen molar-refractivity contribution in [1.82, 2.24) is 9.21 Å². The van der Waals surface area contributed by atoms with Gasteiger partial charge in [-0.25, -0.2) is 8.42 Å². The van der Waals surface area contributed by atoms with Crippen LogP contribution in [0.4, 0.5) is 0 Å². The highest BCUT2D eigenvalue weighted by molar-refractivity contribution is 7.89. The number of hydrogen-bond donors (Lipinski definition) is 0. The third-order valence-corrected chi connectivity index (χ3v) is 6.32. The Morgan fingerprint density at radius 2 is 1.72 bits per heavy atom. The summed E-state index contributed by atoms with van der Waals surface area (Å²) in [6.45, 7) is 4.28. The Kier molecular flexibility index (Phi) is 7.64. The maximum absolute atomic E-state index is 12.8. The van der Waals surface area contributed by atoms with Gasteiger partial charge in [0.15, 0.2) is 0 Å². The summed E-state index contributed by atoms with van der Waals surface area (Å²) in [5.74, 6) is 1.08. The number of sulfonamides is 1. The molecule has 0 N–H and O–H groups in total. The number of amides is 1. The topological polar surface area (TPSA) is 76.2 Å². The van der Waals surface area contributed by atoms with Gasteiger partial charge < -0.3 is 14.4 Å². The molecule has 0 spiro atoms. The number of ether oxygens (including phenoxy) is 2. The van der Waals surface area contributed by atoms with Crippen molar-refractivity contribution >= 4 is 15.9 Å². The van der Waals surface area contributed by atoms with E-state index in [1.165, 1.54) is 18.0 Å². The van der Waals surface area contributed by atoms with Crippen LogP contribution in [0.3, 0.4) is 0 Å². The molecule has 2 aromatic carbocycles. The highest BCUT2D eigenvalue weighted by Crippen LogP contribution is 2.23. The summed E-state index contributed by atoms with van der Waals surface area (Å²) < 4.78 is 37.3. The predicted molar refractivity (Wildman–Crippen MR) is 112 cm³/mol. The van der Waals surface area contributed by atoms with Crippen LogP contribution in [0.15, 0.2) is 47.4 Å². The second kappa shape index (κ2) is 9.76. The minimum atomic E-state index is -3.79. The van der Waals surface area contributed by atoms with Gasteiger partial charge in [0.1, 0.15) is 11.5 Å². The molecule has 8 heteroatoms. The molecule has 2 rings (SSSR count). The molecule has 0 aliphatic rings. The van der Waals surface area contributed by atoms with Crippen LogP contribution in [0.25, 0.3) is 0 Å². The van der Waals surface area contributed by atoms with E-state index in [1.807, 2.05) is 31.2 Å². The number of hydrogen-bond acceptors (Lipinski definition) is 5. The number of rotatable bonds is 9. The van der Waals surface area contributed by atoms with Gasteiger partial charge in [0.2, 0.25) is 15.9 Å². The van der Waals surface area contributed by atoms with Gasteiger partial charge in [0.25, 0.3) is 0 Å². The van der Waals surface area contributed by atoms with Crippen LogP contribution in [0.5, 0.6) is 11.5 Å². The maximum atomic E-state index is 12.8. The second-order valence-corrected chi connectivity index (χ2v) is 8.76. The maximum Gasteiger partial charge on any atom is 0.243 e. The molecule has 1 amide bonds. The Labute approximate surface area is 172 Å². The number of benzene rings is 2. The van der Waals surface area contributed by atoms with Crippen molar-refractivity contribution < 1.29 is 22.7 Å². The summed E-state index contributed by atoms with van der Waals surface area (Å²) in [6.07, 6.45) is 0. The first kappa shape index (κ1) is 22.7. The van der Waals surface area contributed by atoms with Crippen molar-refractivity contribution in [3.8, 4) is 11.5 Å². The van der Waals surface area contributed by atoms with E-state index < -0.39 is 10.0 Å². The quantitative estimate of drug-likeness (QED) is 0.623. The van der Waals surface area contributed by atoms with Crippen LogP contribution in [0.1, 0.15) is 18.1 Å². The Morgan fingerprint density at radius 3 is 2.28 bits per heavy atom. The standard InChI is InChI=1S/C21H28N2O5S/c1-6-28-20-12-11-19(13-16(20)2)29(25,26)23(4)15-21(24)22(3)14-17-7-9-18(27-5)10-8-17/h7-13H,6,14-15H2,1-5H3. The van der Waals surface area contributed by atoms with E-state index >= 15 is 0 Å². The monoisotopic (exact) mass is 420 g/mol. The van der Waals surface area contributed by atoms with E-state index in [4.69, 9.17) is 9.47 Å². The minimum absolute atomic E-state index is 0.131. The van der Waals surface area contributed by atoms with Crippen molar-refractivity contribution in [2.24, 2.45) is 0 Å². The normalized spacial score (nSPS) is 11.4. The van der Waals surface area contributed by atoms with E-state index in [9.17, 15) is 13.2 Å². The lowest BCUT2D eigenvalue weighted by Crippen LogP contribution is -2.39. The molecule has 0 unspecified atom stereocenters. The zero-order valence-electron chi connectivity index (χ0n) is 17.5. The highest BCUT2D eigenvalue weighted by Gasteiger charge is 2.25. The summed E-state index contributed by atoms with van der Waals surface area (Å²) in [5, 5.41) is 0. The molecule has 2 aromatic rings. The van der Waals surface area contributed by atoms with E-state index in [0.717, 1.165) is 21.2 Å². The number of aryl methyl sites for hydroxylation is 1. The van der Waals surface area contributed by atoms with Crippen LogP contribution in [-0.4, -0.2) is 57.9 Å². The third-order valence-electron chi connectivity index (χ3n) is 4.52. The number of nitrogens with zero attached hydrogens (tertiary/aromatic N) is 2. The molecule has 158 valence electrons. The van der Waals surface area contributed by atoms with Gasteiger partial charge in [0, 0.05) is 20.6 Å². The van der Waals surface area contributed by atoms with Gasteiger partial charge in [-0.1, -0.05) is 12.1 Å². The number of carbonyl (C=O) groups is 1. The van der Waals surface area contributed by atoms with E-state index in [2.05, 4.69) is 0 Å². The fourth-order valence-electron chi connectivity index (χ4n) is 2.77. The van der Waals surface area contributed by atoms with Crippen LogP contribution < -0.4 is 9.47 Å². The van der Waals surface area contributed by atoms with Crippen LogP contribution >= 0.6 is 0 Å². The summed E-state index contributed by atoms with van der Waals surface area (Å²) in [5.41, 5.74) is 1.65. The molecule has 0 heterocycles. The molecule has 0 aromatic heterocycles. The van der Waals surface area contributed by atoms with Crippen LogP contribution in [0.2, 0.25) is 0 Å². The fraction of sp³-hybridized carbons (Fsp3) is 0.381. The van der Waals surface area contributed by atoms with Crippen molar-refractivity contribution in [3.63, 3.8) is 0 Å². The van der Waals surface area contributed by atoms with Crippen molar-refractivity contribution in [2.75, 3.05) is 34.4 Å². The third kappa shape index (κ3) is 5.71. The van der Waals surface area contributed by atoms with Crippen molar-refractivity contribution in [3.05, 3.63) is 53.6 Å². The van der Waals surface area contributed by atoms with Crippen molar-refractivity contribution in [2.45, 2.75) is 25.3 Å². The highest BCUT2D eigenvalue weighted by atomic mass is 32.2. The molecule has 7 nitrogen and oxygen atoms in total. The lowest BCUT2D eigenvalue weighted by atomic mass is 10.2. The van der Waals surface area contributed by atoms with E-state index in [0.29, 0.717) is 18.9 Å². The lowest BCUT2D eigenvalue weighted by Gasteiger charge is -2.22. The summed E-state index contributed by atoms with van der Waals surface area (Å²) in [4.78, 5) is 14.2. The molecule has 0 saturated heterocycles. The summed E-state index contributed by atoms with van der Waals surface area (Å²) in [7, 11) is 0.850. The first-order chi connectivity index (χ1) is 13.7.